The Hall–Kier alpha value is -5.35. The number of allylic oxidation sites excluding steroid dienone is 1. The van der Waals surface area contributed by atoms with Gasteiger partial charge in [0.1, 0.15) is 5.54 Å². The summed E-state index contributed by atoms with van der Waals surface area (Å²) in [6, 6.07) is 43.6. The molecule has 2 aromatic heterocycles. The molecule has 7 rings (SSSR count). The zero-order valence-electron chi connectivity index (χ0n) is 23.1. The molecule has 0 bridgehead atoms. The first-order chi connectivity index (χ1) is 20.7. The molecule has 0 saturated heterocycles. The molecule has 202 valence electrons. The fraction of sp³-hybridized carbons (Fsp3) is 0.0789. The summed E-state index contributed by atoms with van der Waals surface area (Å²) >= 11 is 0. The fourth-order valence-corrected chi connectivity index (χ4v) is 6.20. The predicted octanol–water partition coefficient (Wildman–Crippen LogP) is 8.00. The van der Waals surface area contributed by atoms with Gasteiger partial charge in [0.05, 0.1) is 17.7 Å². The van der Waals surface area contributed by atoms with Crippen LogP contribution in [0.4, 0.5) is 0 Å². The second-order valence-corrected chi connectivity index (χ2v) is 10.6. The van der Waals surface area contributed by atoms with Gasteiger partial charge in [-0.1, -0.05) is 115 Å². The summed E-state index contributed by atoms with van der Waals surface area (Å²) in [6.07, 6.45) is 9.29. The Morgan fingerprint density at radius 2 is 1.19 bits per heavy atom. The summed E-state index contributed by atoms with van der Waals surface area (Å²) in [6.45, 7) is 0. The van der Waals surface area contributed by atoms with Crippen molar-refractivity contribution < 1.29 is 4.79 Å². The molecule has 0 aliphatic heterocycles. The second-order valence-electron chi connectivity index (χ2n) is 10.6. The number of hydrogen-bond donors (Lipinski definition) is 0. The summed E-state index contributed by atoms with van der Waals surface area (Å²) in [4.78, 5) is 22.7. The molecule has 2 heterocycles. The van der Waals surface area contributed by atoms with Gasteiger partial charge in [0, 0.05) is 29.1 Å². The minimum atomic E-state index is -0.640. The lowest BCUT2D eigenvalue weighted by Crippen LogP contribution is -2.36. The third kappa shape index (κ3) is 4.38. The third-order valence-corrected chi connectivity index (χ3v) is 8.17. The van der Waals surface area contributed by atoms with Gasteiger partial charge in [-0.15, -0.1) is 0 Å². The SMILES string of the molecule is O=C1C(=Cc2ccccc2-c2cn(C(c3ccccc3)(c3ccccc3)c3ccccc3)cn2)CCc2ncccc21. The van der Waals surface area contributed by atoms with Crippen molar-refractivity contribution in [2.24, 2.45) is 0 Å². The molecule has 0 saturated carbocycles. The molecule has 0 fully saturated rings. The fourth-order valence-electron chi connectivity index (χ4n) is 6.20. The number of rotatable bonds is 6. The van der Waals surface area contributed by atoms with E-state index in [9.17, 15) is 4.79 Å². The zero-order valence-corrected chi connectivity index (χ0v) is 23.1. The predicted molar refractivity (Wildman–Crippen MR) is 167 cm³/mol. The van der Waals surface area contributed by atoms with Crippen molar-refractivity contribution in [2.75, 3.05) is 0 Å². The van der Waals surface area contributed by atoms with Crippen molar-refractivity contribution in [1.82, 2.24) is 14.5 Å². The van der Waals surface area contributed by atoms with E-state index in [0.29, 0.717) is 12.0 Å². The maximum absolute atomic E-state index is 13.3. The van der Waals surface area contributed by atoms with Crippen molar-refractivity contribution in [3.05, 3.63) is 185 Å². The number of pyridine rings is 1. The van der Waals surface area contributed by atoms with E-state index in [2.05, 4.69) is 101 Å². The van der Waals surface area contributed by atoms with Crippen LogP contribution in [0.3, 0.4) is 0 Å². The van der Waals surface area contributed by atoms with Crippen LogP contribution < -0.4 is 0 Å². The number of hydrogen-bond acceptors (Lipinski definition) is 3. The summed E-state index contributed by atoms with van der Waals surface area (Å²) in [5.41, 5.74) is 7.97. The first kappa shape index (κ1) is 25.6. The Morgan fingerprint density at radius 1 is 0.619 bits per heavy atom. The summed E-state index contributed by atoms with van der Waals surface area (Å²) in [5.74, 6) is 0.0564. The van der Waals surface area contributed by atoms with Gasteiger partial charge in [0.15, 0.2) is 5.78 Å². The molecule has 0 unspecified atom stereocenters. The van der Waals surface area contributed by atoms with Crippen molar-refractivity contribution in [2.45, 2.75) is 18.4 Å². The van der Waals surface area contributed by atoms with Crippen LogP contribution in [0.2, 0.25) is 0 Å². The average Bonchev–Trinajstić information content (AvgIpc) is 3.55. The van der Waals surface area contributed by atoms with Gasteiger partial charge in [-0.2, -0.15) is 0 Å². The number of carbonyl (C=O) groups is 1. The smallest absolute Gasteiger partial charge is 0.190 e. The maximum atomic E-state index is 13.3. The van der Waals surface area contributed by atoms with Gasteiger partial charge in [-0.25, -0.2) is 4.98 Å². The van der Waals surface area contributed by atoms with Crippen LogP contribution in [-0.2, 0) is 12.0 Å². The molecule has 4 heteroatoms. The van der Waals surface area contributed by atoms with Crippen molar-refractivity contribution in [3.8, 4) is 11.3 Å². The van der Waals surface area contributed by atoms with Gasteiger partial charge in [0.25, 0.3) is 0 Å². The van der Waals surface area contributed by atoms with Gasteiger partial charge < -0.3 is 4.57 Å². The molecular weight excluding hydrogens is 514 g/mol. The number of nitrogens with zero attached hydrogens (tertiary/aromatic N) is 3. The van der Waals surface area contributed by atoms with Crippen LogP contribution in [0.1, 0.15) is 44.7 Å². The van der Waals surface area contributed by atoms with Crippen LogP contribution in [-0.4, -0.2) is 20.3 Å². The monoisotopic (exact) mass is 543 g/mol. The highest BCUT2D eigenvalue weighted by Gasteiger charge is 2.38. The lowest BCUT2D eigenvalue weighted by molar-refractivity contribution is 0.102. The largest absolute Gasteiger partial charge is 0.318 e. The van der Waals surface area contributed by atoms with E-state index in [1.807, 2.05) is 54.9 Å². The van der Waals surface area contributed by atoms with E-state index >= 15 is 0 Å². The first-order valence-corrected chi connectivity index (χ1v) is 14.2. The molecule has 42 heavy (non-hydrogen) atoms. The van der Waals surface area contributed by atoms with Crippen molar-refractivity contribution in [3.63, 3.8) is 0 Å². The summed E-state index contributed by atoms with van der Waals surface area (Å²) in [7, 11) is 0. The number of imidazole rings is 1. The molecular formula is C38H29N3O. The van der Waals surface area contributed by atoms with E-state index in [1.54, 1.807) is 6.20 Å². The Labute approximate surface area is 245 Å². The molecule has 4 aromatic carbocycles. The van der Waals surface area contributed by atoms with Gasteiger partial charge >= 0.3 is 0 Å². The van der Waals surface area contributed by atoms with E-state index < -0.39 is 5.54 Å². The number of Topliss-reactive ketones (excluding diaryl/α,β-unsaturated/α-hetero) is 1. The van der Waals surface area contributed by atoms with Crippen LogP contribution in [0.25, 0.3) is 17.3 Å². The van der Waals surface area contributed by atoms with Crippen LogP contribution in [0.15, 0.2) is 152 Å². The van der Waals surface area contributed by atoms with E-state index in [0.717, 1.165) is 51.2 Å². The number of aryl methyl sites for hydroxylation is 1. The molecule has 1 aliphatic rings. The molecule has 0 N–H and O–H groups in total. The Balaban J connectivity index is 1.38. The number of aromatic nitrogens is 3. The molecule has 0 atom stereocenters. The van der Waals surface area contributed by atoms with Gasteiger partial charge in [-0.3, -0.25) is 9.78 Å². The second kappa shape index (κ2) is 10.9. The molecule has 0 spiro atoms. The Kier molecular flexibility index (Phi) is 6.65. The molecule has 4 nitrogen and oxygen atoms in total. The van der Waals surface area contributed by atoms with Crippen LogP contribution >= 0.6 is 0 Å². The lowest BCUT2D eigenvalue weighted by Gasteiger charge is -2.37. The van der Waals surface area contributed by atoms with Gasteiger partial charge in [0.2, 0.25) is 0 Å². The van der Waals surface area contributed by atoms with Crippen LogP contribution in [0.5, 0.6) is 0 Å². The van der Waals surface area contributed by atoms with Crippen molar-refractivity contribution in [1.29, 1.82) is 0 Å². The highest BCUT2D eigenvalue weighted by Crippen LogP contribution is 2.41. The molecule has 0 amide bonds. The average molecular weight is 544 g/mol. The van der Waals surface area contributed by atoms with E-state index in [1.165, 1.54) is 0 Å². The summed E-state index contributed by atoms with van der Waals surface area (Å²) in [5, 5.41) is 0. The summed E-state index contributed by atoms with van der Waals surface area (Å²) < 4.78 is 2.22. The number of fused-ring (bicyclic) bond motifs is 1. The maximum Gasteiger partial charge on any atom is 0.190 e. The number of ketones is 1. The minimum Gasteiger partial charge on any atom is -0.318 e. The zero-order chi connectivity index (χ0) is 28.4. The van der Waals surface area contributed by atoms with E-state index in [-0.39, 0.29) is 5.78 Å². The third-order valence-electron chi connectivity index (χ3n) is 8.17. The van der Waals surface area contributed by atoms with Crippen LogP contribution in [0, 0.1) is 0 Å². The lowest BCUT2D eigenvalue weighted by atomic mass is 9.77. The number of carbonyl (C=O) groups excluding carboxylic acids is 1. The Morgan fingerprint density at radius 3 is 1.83 bits per heavy atom. The first-order valence-electron chi connectivity index (χ1n) is 14.2. The quantitative estimate of drug-likeness (QED) is 0.158. The highest BCUT2D eigenvalue weighted by atomic mass is 16.1. The van der Waals surface area contributed by atoms with Gasteiger partial charge in [-0.05, 0) is 53.3 Å². The molecule has 0 radical (unpaired) electrons. The molecule has 6 aromatic rings. The van der Waals surface area contributed by atoms with Crippen molar-refractivity contribution >= 4 is 11.9 Å². The normalized spacial score (nSPS) is 14.1. The molecule has 1 aliphatic carbocycles. The Bertz CT molecular complexity index is 1790. The minimum absolute atomic E-state index is 0.0564. The number of benzene rings is 4. The highest BCUT2D eigenvalue weighted by molar-refractivity contribution is 6.13. The standard InChI is InChI=1S/C38H29N3O/c42-37-29(22-23-35-34(37)21-12-24-39-35)25-28-13-10-11-20-33(28)36-26-41(27-40-36)38(30-14-4-1-5-15-30,31-16-6-2-7-17-31)32-18-8-3-9-19-32/h1-21,24-27H,22-23H2. The van der Waals surface area contributed by atoms with E-state index in [4.69, 9.17) is 4.98 Å². The topological polar surface area (TPSA) is 47.8 Å².